The Morgan fingerprint density at radius 1 is 1.23 bits per heavy atom. The first-order valence-electron chi connectivity index (χ1n) is 8.13. The molecular formula is C16H23ClN6O2S. The number of piperidine rings is 1. The maximum atomic E-state index is 11.3. The van der Waals surface area contributed by atoms with Crippen LogP contribution in [-0.2, 0) is 10.0 Å². The van der Waals surface area contributed by atoms with E-state index in [4.69, 9.17) is 10.9 Å². The summed E-state index contributed by atoms with van der Waals surface area (Å²) in [7, 11) is -3.70. The molecule has 0 spiro atoms. The fourth-order valence-electron chi connectivity index (χ4n) is 2.91. The van der Waals surface area contributed by atoms with Crippen LogP contribution in [0.4, 0.5) is 17.5 Å². The minimum Gasteiger partial charge on any atom is -0.356 e. The fraction of sp³-hybridized carbons (Fsp3) is 0.375. The zero-order chi connectivity index (χ0) is 17.9. The van der Waals surface area contributed by atoms with Crippen LogP contribution >= 0.6 is 12.4 Å². The molecule has 5 N–H and O–H groups in total. The van der Waals surface area contributed by atoms with Gasteiger partial charge in [-0.1, -0.05) is 0 Å². The number of anilines is 3. The number of nitrogens with one attached hydrogen (secondary N) is 1. The van der Waals surface area contributed by atoms with Gasteiger partial charge >= 0.3 is 0 Å². The van der Waals surface area contributed by atoms with Crippen molar-refractivity contribution in [1.29, 1.82) is 0 Å². The number of hydrogen-bond acceptors (Lipinski definition) is 7. The molecule has 3 rings (SSSR count). The lowest BCUT2D eigenvalue weighted by molar-refractivity contribution is 0.421. The second kappa shape index (κ2) is 8.63. The Hall–Kier alpha value is -1.94. The van der Waals surface area contributed by atoms with Gasteiger partial charge in [-0.15, -0.1) is 12.4 Å². The number of sulfonamides is 1. The molecule has 8 nitrogen and oxygen atoms in total. The summed E-state index contributed by atoms with van der Waals surface area (Å²) in [6.45, 7) is 2.54. The van der Waals surface area contributed by atoms with Gasteiger partial charge in [-0.05, 0) is 55.6 Å². The fourth-order valence-corrected chi connectivity index (χ4v) is 3.42. The number of nitrogens with zero attached hydrogens (tertiary/aromatic N) is 3. The number of rotatable bonds is 5. The second-order valence-corrected chi connectivity index (χ2v) is 7.68. The van der Waals surface area contributed by atoms with Crippen LogP contribution in [0.2, 0.25) is 0 Å². The van der Waals surface area contributed by atoms with Crippen LogP contribution in [-0.4, -0.2) is 38.0 Å². The molecule has 142 valence electrons. The summed E-state index contributed by atoms with van der Waals surface area (Å²) in [5.74, 6) is 1.80. The average molecular weight is 399 g/mol. The van der Waals surface area contributed by atoms with E-state index in [1.807, 2.05) is 6.07 Å². The molecule has 0 bridgehead atoms. The van der Waals surface area contributed by atoms with Crippen LogP contribution < -0.4 is 21.1 Å². The van der Waals surface area contributed by atoms with Gasteiger partial charge in [0.1, 0.15) is 5.82 Å². The van der Waals surface area contributed by atoms with Crippen molar-refractivity contribution in [2.24, 2.45) is 16.8 Å². The molecule has 1 atom stereocenters. The van der Waals surface area contributed by atoms with Gasteiger partial charge in [-0.3, -0.25) is 0 Å². The molecule has 0 saturated carbocycles. The molecule has 1 saturated heterocycles. The van der Waals surface area contributed by atoms with E-state index < -0.39 is 10.0 Å². The van der Waals surface area contributed by atoms with E-state index in [2.05, 4.69) is 20.2 Å². The highest BCUT2D eigenvalue weighted by Crippen LogP contribution is 2.22. The highest BCUT2D eigenvalue weighted by atomic mass is 35.5. The third-order valence-electron chi connectivity index (χ3n) is 4.26. The predicted molar refractivity (Wildman–Crippen MR) is 104 cm³/mol. The Balaban J connectivity index is 0.00000243. The van der Waals surface area contributed by atoms with Crippen LogP contribution in [0.15, 0.2) is 41.4 Å². The Labute approximate surface area is 159 Å². The molecule has 2 aromatic rings. The number of nitrogens with two attached hydrogens (primary N) is 2. The van der Waals surface area contributed by atoms with Gasteiger partial charge in [0.2, 0.25) is 16.0 Å². The third kappa shape index (κ3) is 5.04. The number of halogens is 1. The molecule has 0 amide bonds. The van der Waals surface area contributed by atoms with Crippen molar-refractivity contribution >= 4 is 39.9 Å². The van der Waals surface area contributed by atoms with Crippen molar-refractivity contribution in [1.82, 2.24) is 9.97 Å². The van der Waals surface area contributed by atoms with Crippen molar-refractivity contribution < 1.29 is 8.42 Å². The van der Waals surface area contributed by atoms with Crippen LogP contribution in [0.1, 0.15) is 12.8 Å². The molecule has 0 aliphatic carbocycles. The molecule has 0 radical (unpaired) electrons. The van der Waals surface area contributed by atoms with Crippen molar-refractivity contribution in [2.75, 3.05) is 29.9 Å². The monoisotopic (exact) mass is 398 g/mol. The van der Waals surface area contributed by atoms with E-state index in [0.717, 1.165) is 31.7 Å². The van der Waals surface area contributed by atoms with Crippen molar-refractivity contribution in [3.05, 3.63) is 36.5 Å². The van der Waals surface area contributed by atoms with Gasteiger partial charge in [0, 0.05) is 25.0 Å². The molecular weight excluding hydrogens is 376 g/mol. The van der Waals surface area contributed by atoms with Crippen LogP contribution in [0, 0.1) is 5.92 Å². The normalized spacial score (nSPS) is 17.5. The lowest BCUT2D eigenvalue weighted by Crippen LogP contribution is -2.38. The molecule has 1 fully saturated rings. The van der Waals surface area contributed by atoms with E-state index in [-0.39, 0.29) is 17.3 Å². The van der Waals surface area contributed by atoms with Crippen molar-refractivity contribution in [3.8, 4) is 0 Å². The second-order valence-electron chi connectivity index (χ2n) is 6.12. The van der Waals surface area contributed by atoms with Gasteiger partial charge in [0.25, 0.3) is 0 Å². The smallest absolute Gasteiger partial charge is 0.238 e. The highest BCUT2D eigenvalue weighted by Gasteiger charge is 2.20. The Morgan fingerprint density at radius 2 is 1.96 bits per heavy atom. The number of benzene rings is 1. The predicted octanol–water partition coefficient (Wildman–Crippen LogP) is 1.46. The molecule has 10 heteroatoms. The average Bonchev–Trinajstić information content (AvgIpc) is 2.62. The van der Waals surface area contributed by atoms with Crippen molar-refractivity contribution in [3.63, 3.8) is 0 Å². The van der Waals surface area contributed by atoms with Crippen LogP contribution in [0.3, 0.4) is 0 Å². The third-order valence-corrected chi connectivity index (χ3v) is 5.19. The first-order valence-corrected chi connectivity index (χ1v) is 9.68. The molecule has 1 aromatic carbocycles. The molecule has 1 aliphatic heterocycles. The lowest BCUT2D eigenvalue weighted by Gasteiger charge is -2.33. The first kappa shape index (κ1) is 20.4. The minimum absolute atomic E-state index is 0. The Morgan fingerprint density at radius 3 is 2.62 bits per heavy atom. The minimum atomic E-state index is -3.70. The van der Waals surface area contributed by atoms with E-state index >= 15 is 0 Å². The van der Waals surface area contributed by atoms with E-state index in [0.29, 0.717) is 24.1 Å². The Kier molecular flexibility index (Phi) is 6.76. The zero-order valence-corrected chi connectivity index (χ0v) is 15.8. The van der Waals surface area contributed by atoms with E-state index in [1.54, 1.807) is 18.3 Å². The maximum absolute atomic E-state index is 11.3. The van der Waals surface area contributed by atoms with E-state index in [9.17, 15) is 8.42 Å². The molecule has 1 aromatic heterocycles. The quantitative estimate of drug-likeness (QED) is 0.695. The highest BCUT2D eigenvalue weighted by molar-refractivity contribution is 7.89. The Bertz CT molecular complexity index is 831. The largest absolute Gasteiger partial charge is 0.356 e. The summed E-state index contributed by atoms with van der Waals surface area (Å²) in [4.78, 5) is 11.1. The molecule has 1 unspecified atom stereocenters. The molecule has 26 heavy (non-hydrogen) atoms. The zero-order valence-electron chi connectivity index (χ0n) is 14.2. The van der Waals surface area contributed by atoms with Gasteiger partial charge in [0.15, 0.2) is 0 Å². The number of primary sulfonamides is 1. The van der Waals surface area contributed by atoms with Gasteiger partial charge in [0.05, 0.1) is 4.90 Å². The lowest BCUT2D eigenvalue weighted by atomic mass is 9.98. The molecule has 1 aliphatic rings. The molecule has 2 heterocycles. The van der Waals surface area contributed by atoms with Crippen molar-refractivity contribution in [2.45, 2.75) is 17.7 Å². The number of aromatic nitrogens is 2. The van der Waals surface area contributed by atoms with E-state index in [1.165, 1.54) is 12.1 Å². The van der Waals surface area contributed by atoms with Crippen LogP contribution in [0.5, 0.6) is 0 Å². The summed E-state index contributed by atoms with van der Waals surface area (Å²) in [5, 5.41) is 8.18. The summed E-state index contributed by atoms with van der Waals surface area (Å²) < 4.78 is 22.6. The van der Waals surface area contributed by atoms with Gasteiger partial charge < -0.3 is 16.0 Å². The summed E-state index contributed by atoms with van der Waals surface area (Å²) in [6.07, 6.45) is 3.96. The van der Waals surface area contributed by atoms with Crippen LogP contribution in [0.25, 0.3) is 0 Å². The summed E-state index contributed by atoms with van der Waals surface area (Å²) >= 11 is 0. The summed E-state index contributed by atoms with van der Waals surface area (Å²) in [5.41, 5.74) is 6.48. The summed E-state index contributed by atoms with van der Waals surface area (Å²) in [6, 6.07) is 8.02. The number of hydrogen-bond donors (Lipinski definition) is 3. The van der Waals surface area contributed by atoms with Gasteiger partial charge in [-0.2, -0.15) is 4.98 Å². The first-order chi connectivity index (χ1) is 12.0. The van der Waals surface area contributed by atoms with Gasteiger partial charge in [-0.25, -0.2) is 18.5 Å². The SMILES string of the molecule is Cl.NCC1CCCN(c2ccnc(Nc3ccc(S(N)(=O)=O)cc3)n2)C1. The standard InChI is InChI=1S/C16H22N6O2S.ClH/c17-10-12-2-1-9-22(11-12)15-7-8-19-16(21-15)20-13-3-5-14(6-4-13)25(18,23)24;/h3-8,12H,1-2,9-11,17H2,(H2,18,23,24)(H,19,20,21);1H. The maximum Gasteiger partial charge on any atom is 0.238 e. The topological polar surface area (TPSA) is 127 Å².